The maximum absolute atomic E-state index is 7.93. The number of hydrogen-bond acceptors (Lipinski definition) is 3. The van der Waals surface area contributed by atoms with Crippen molar-refractivity contribution in [2.75, 3.05) is 13.2 Å². The molecule has 0 saturated heterocycles. The number of amidine groups is 1. The second-order valence-corrected chi connectivity index (χ2v) is 10.1. The van der Waals surface area contributed by atoms with E-state index in [4.69, 9.17) is 20.6 Å². The molecule has 0 bridgehead atoms. The van der Waals surface area contributed by atoms with Gasteiger partial charge in [0.1, 0.15) is 5.84 Å². The van der Waals surface area contributed by atoms with Crippen molar-refractivity contribution in [3.8, 4) is 11.5 Å². The smallest absolute Gasteiger partial charge is 0.172 e. The van der Waals surface area contributed by atoms with Crippen LogP contribution < -0.4 is 15.2 Å². The molecule has 0 saturated carbocycles. The van der Waals surface area contributed by atoms with Gasteiger partial charge in [0.05, 0.1) is 18.8 Å². The number of nitrogen functional groups attached to an aromatic ring is 1. The Morgan fingerprint density at radius 1 is 0.600 bits per heavy atom. The van der Waals surface area contributed by atoms with Gasteiger partial charge in [0.25, 0.3) is 0 Å². The Labute approximate surface area is 217 Å². The van der Waals surface area contributed by atoms with Gasteiger partial charge in [-0.3, -0.25) is 5.41 Å². The highest BCUT2D eigenvalue weighted by Gasteiger charge is 2.13. The molecule has 0 aliphatic rings. The molecule has 4 nitrogen and oxygen atoms in total. The molecule has 1 aromatic carbocycles. The number of benzene rings is 1. The Balaban J connectivity index is 2.24. The van der Waals surface area contributed by atoms with Gasteiger partial charge < -0.3 is 15.2 Å². The third-order valence-electron chi connectivity index (χ3n) is 6.77. The van der Waals surface area contributed by atoms with Gasteiger partial charge in [0.15, 0.2) is 11.5 Å². The maximum atomic E-state index is 7.93. The Bertz CT molecular complexity index is 632. The highest BCUT2D eigenvalue weighted by molar-refractivity contribution is 5.98. The number of nitrogens with two attached hydrogens (primary N) is 1. The quantitative estimate of drug-likeness (QED) is 0.0817. The van der Waals surface area contributed by atoms with Crippen LogP contribution in [0.1, 0.15) is 148 Å². The van der Waals surface area contributed by atoms with Crippen LogP contribution in [-0.2, 0) is 0 Å². The van der Waals surface area contributed by atoms with E-state index in [2.05, 4.69) is 13.8 Å². The van der Waals surface area contributed by atoms with Crippen molar-refractivity contribution in [1.82, 2.24) is 0 Å². The number of unbranched alkanes of at least 4 members (excludes halogenated alkanes) is 18. The van der Waals surface area contributed by atoms with Crippen LogP contribution in [0.25, 0.3) is 0 Å². The Morgan fingerprint density at radius 2 is 1.00 bits per heavy atom. The van der Waals surface area contributed by atoms with Crippen molar-refractivity contribution in [2.24, 2.45) is 5.73 Å². The zero-order chi connectivity index (χ0) is 25.4. The molecule has 202 valence electrons. The summed E-state index contributed by atoms with van der Waals surface area (Å²) in [6, 6.07) is 5.69. The molecule has 35 heavy (non-hydrogen) atoms. The molecule has 1 aromatic rings. The first-order valence-electron chi connectivity index (χ1n) is 14.9. The first-order valence-corrected chi connectivity index (χ1v) is 14.9. The van der Waals surface area contributed by atoms with Crippen molar-refractivity contribution in [1.29, 1.82) is 5.41 Å². The molecule has 0 spiro atoms. The van der Waals surface area contributed by atoms with E-state index in [1.807, 2.05) is 18.2 Å². The van der Waals surface area contributed by atoms with E-state index in [1.54, 1.807) is 0 Å². The van der Waals surface area contributed by atoms with Crippen molar-refractivity contribution in [2.45, 2.75) is 142 Å². The minimum atomic E-state index is 0.0347. The average molecular weight is 489 g/mol. The second kappa shape index (κ2) is 22.7. The third kappa shape index (κ3) is 16.6. The summed E-state index contributed by atoms with van der Waals surface area (Å²) >= 11 is 0. The van der Waals surface area contributed by atoms with Crippen LogP contribution in [0.3, 0.4) is 0 Å². The van der Waals surface area contributed by atoms with Gasteiger partial charge in [-0.15, -0.1) is 0 Å². The SMILES string of the molecule is CCCCCCCCCCCCOc1cccc(C(=N)N)c1OCCCCCCCCCCCC. The fourth-order valence-corrected chi connectivity index (χ4v) is 4.53. The zero-order valence-corrected chi connectivity index (χ0v) is 23.2. The summed E-state index contributed by atoms with van der Waals surface area (Å²) in [6.45, 7) is 5.87. The molecule has 0 heterocycles. The van der Waals surface area contributed by atoms with E-state index < -0.39 is 0 Å². The van der Waals surface area contributed by atoms with Gasteiger partial charge in [-0.05, 0) is 25.0 Å². The van der Waals surface area contributed by atoms with E-state index in [-0.39, 0.29) is 5.84 Å². The monoisotopic (exact) mass is 488 g/mol. The summed E-state index contributed by atoms with van der Waals surface area (Å²) in [5.74, 6) is 1.40. The maximum Gasteiger partial charge on any atom is 0.172 e. The van der Waals surface area contributed by atoms with Crippen molar-refractivity contribution < 1.29 is 9.47 Å². The number of nitrogens with one attached hydrogen (secondary N) is 1. The molecule has 3 N–H and O–H groups in total. The molecule has 0 unspecified atom stereocenters. The molecule has 4 heteroatoms. The standard InChI is InChI=1S/C31H56N2O2/c1-3-5-7-9-11-13-15-17-19-21-26-34-29-25-23-24-28(31(32)33)30(29)35-27-22-20-18-16-14-12-10-8-6-4-2/h23-25H,3-22,26-27H2,1-2H3,(H3,32,33). The lowest BCUT2D eigenvalue weighted by Gasteiger charge is -2.16. The minimum Gasteiger partial charge on any atom is -0.490 e. The first-order chi connectivity index (χ1) is 17.2. The molecule has 0 aromatic heterocycles. The lowest BCUT2D eigenvalue weighted by atomic mass is 10.1. The molecular formula is C31H56N2O2. The Kier molecular flexibility index (Phi) is 20.3. The van der Waals surface area contributed by atoms with Crippen molar-refractivity contribution >= 4 is 5.84 Å². The van der Waals surface area contributed by atoms with E-state index in [0.717, 1.165) is 18.6 Å². The second-order valence-electron chi connectivity index (χ2n) is 10.1. The van der Waals surface area contributed by atoms with Gasteiger partial charge in [-0.1, -0.05) is 135 Å². The Hall–Kier alpha value is -1.71. The Morgan fingerprint density at radius 3 is 1.43 bits per heavy atom. The first kappa shape index (κ1) is 31.3. The highest BCUT2D eigenvalue weighted by Crippen LogP contribution is 2.31. The van der Waals surface area contributed by atoms with Crippen LogP contribution in [0.15, 0.2) is 18.2 Å². The van der Waals surface area contributed by atoms with Gasteiger partial charge >= 0.3 is 0 Å². The van der Waals surface area contributed by atoms with E-state index in [1.165, 1.54) is 116 Å². The molecule has 0 amide bonds. The lowest BCUT2D eigenvalue weighted by molar-refractivity contribution is 0.258. The van der Waals surface area contributed by atoms with Crippen LogP contribution in [0, 0.1) is 5.41 Å². The summed E-state index contributed by atoms with van der Waals surface area (Å²) in [5.41, 5.74) is 6.46. The van der Waals surface area contributed by atoms with Crippen LogP contribution in [-0.4, -0.2) is 19.0 Å². The van der Waals surface area contributed by atoms with Crippen LogP contribution >= 0.6 is 0 Å². The van der Waals surface area contributed by atoms with Gasteiger partial charge in [-0.2, -0.15) is 0 Å². The molecule has 0 fully saturated rings. The molecule has 0 aliphatic carbocycles. The third-order valence-corrected chi connectivity index (χ3v) is 6.77. The summed E-state index contributed by atoms with van der Waals surface area (Å²) < 4.78 is 12.2. The predicted octanol–water partition coefficient (Wildman–Crippen LogP) is 9.57. The van der Waals surface area contributed by atoms with Crippen LogP contribution in [0.5, 0.6) is 11.5 Å². The molecule has 0 aliphatic heterocycles. The number of hydrogen-bond donors (Lipinski definition) is 2. The molecule has 0 atom stereocenters. The normalized spacial score (nSPS) is 11.0. The minimum absolute atomic E-state index is 0.0347. The van der Waals surface area contributed by atoms with Crippen molar-refractivity contribution in [3.63, 3.8) is 0 Å². The van der Waals surface area contributed by atoms with Crippen LogP contribution in [0.2, 0.25) is 0 Å². The summed E-state index contributed by atoms with van der Waals surface area (Å²) in [7, 11) is 0. The fraction of sp³-hybridized carbons (Fsp3) is 0.774. The zero-order valence-electron chi connectivity index (χ0n) is 23.2. The van der Waals surface area contributed by atoms with Gasteiger partial charge in [-0.25, -0.2) is 0 Å². The summed E-state index contributed by atoms with van der Waals surface area (Å²) in [6.07, 6.45) is 26.1. The number of ether oxygens (including phenoxy) is 2. The van der Waals surface area contributed by atoms with E-state index in [9.17, 15) is 0 Å². The lowest BCUT2D eigenvalue weighted by Crippen LogP contribution is -2.14. The number of rotatable bonds is 25. The van der Waals surface area contributed by atoms with Crippen LogP contribution in [0.4, 0.5) is 0 Å². The van der Waals surface area contributed by atoms with Gasteiger partial charge in [0, 0.05) is 0 Å². The average Bonchev–Trinajstić information content (AvgIpc) is 2.86. The summed E-state index contributed by atoms with van der Waals surface area (Å²) in [4.78, 5) is 0. The van der Waals surface area contributed by atoms with Crippen molar-refractivity contribution in [3.05, 3.63) is 23.8 Å². The van der Waals surface area contributed by atoms with Gasteiger partial charge in [0.2, 0.25) is 0 Å². The largest absolute Gasteiger partial charge is 0.490 e. The fourth-order valence-electron chi connectivity index (χ4n) is 4.53. The van der Waals surface area contributed by atoms with E-state index in [0.29, 0.717) is 24.5 Å². The molecular weight excluding hydrogens is 432 g/mol. The van der Waals surface area contributed by atoms with E-state index >= 15 is 0 Å². The predicted molar refractivity (Wildman–Crippen MR) is 152 cm³/mol. The molecule has 0 radical (unpaired) electrons. The topological polar surface area (TPSA) is 68.3 Å². The number of para-hydroxylation sites is 1. The highest BCUT2D eigenvalue weighted by atomic mass is 16.5. The molecule has 1 rings (SSSR count). The summed E-state index contributed by atoms with van der Waals surface area (Å²) in [5, 5.41) is 7.93.